The minimum Gasteiger partial charge on any atom is -0.495 e. The molecule has 2 heterocycles. The van der Waals surface area contributed by atoms with Gasteiger partial charge in [-0.2, -0.15) is 0 Å². The molecule has 0 aliphatic carbocycles. The summed E-state index contributed by atoms with van der Waals surface area (Å²) in [7, 11) is 1.55. The monoisotopic (exact) mass is 469 g/mol. The summed E-state index contributed by atoms with van der Waals surface area (Å²) in [5.74, 6) is -1.56. The Kier molecular flexibility index (Phi) is 6.88. The van der Waals surface area contributed by atoms with Crippen molar-refractivity contribution >= 4 is 17.3 Å². The normalized spacial score (nSPS) is 13.8. The first kappa shape index (κ1) is 23.8. The maximum atomic E-state index is 13.9. The molecule has 1 aliphatic heterocycles. The number of carbonyl (C=O) groups excluding carboxylic acids is 1. The molecule has 0 atom stereocenters. The van der Waals surface area contributed by atoms with Gasteiger partial charge in [0.05, 0.1) is 31.7 Å². The van der Waals surface area contributed by atoms with Gasteiger partial charge in [0.1, 0.15) is 11.4 Å². The van der Waals surface area contributed by atoms with Crippen molar-refractivity contribution in [2.24, 2.45) is 0 Å². The van der Waals surface area contributed by atoms with Crippen molar-refractivity contribution in [2.45, 2.75) is 27.3 Å². The van der Waals surface area contributed by atoms with Crippen LogP contribution in [0.25, 0.3) is 0 Å². The third kappa shape index (κ3) is 4.63. The summed E-state index contributed by atoms with van der Waals surface area (Å²) in [5, 5.41) is 2.99. The van der Waals surface area contributed by atoms with Gasteiger partial charge in [-0.05, 0) is 56.2 Å². The molecule has 1 aromatic heterocycles. The van der Waals surface area contributed by atoms with Crippen molar-refractivity contribution in [2.75, 3.05) is 43.6 Å². The van der Waals surface area contributed by atoms with Gasteiger partial charge >= 0.3 is 0 Å². The Morgan fingerprint density at radius 3 is 2.47 bits per heavy atom. The predicted octanol–water partition coefficient (Wildman–Crippen LogP) is 4.84. The van der Waals surface area contributed by atoms with Crippen molar-refractivity contribution in [1.82, 2.24) is 4.57 Å². The standard InChI is InChI=1S/C26H29F2N3O3/c1-16-5-8-23(33-4)22(13-16)29-26(32)25-17(2)24(30-9-11-34-12-10-30)18(3)31(25)15-19-6-7-20(27)21(28)14-19/h5-8,13-14H,9-12,15H2,1-4H3,(H,29,32). The van der Waals surface area contributed by atoms with Crippen LogP contribution in [0.1, 0.15) is 32.9 Å². The van der Waals surface area contributed by atoms with Crippen LogP contribution in [0.2, 0.25) is 0 Å². The van der Waals surface area contributed by atoms with E-state index in [0.717, 1.165) is 28.6 Å². The second-order valence-corrected chi connectivity index (χ2v) is 8.50. The molecule has 8 heteroatoms. The second-order valence-electron chi connectivity index (χ2n) is 8.50. The molecule has 6 nitrogen and oxygen atoms in total. The lowest BCUT2D eigenvalue weighted by Gasteiger charge is -2.29. The number of carbonyl (C=O) groups is 1. The molecule has 1 aliphatic rings. The lowest BCUT2D eigenvalue weighted by Crippen LogP contribution is -2.36. The van der Waals surface area contributed by atoms with Crippen molar-refractivity contribution in [3.8, 4) is 5.75 Å². The van der Waals surface area contributed by atoms with Crippen LogP contribution in [0, 0.1) is 32.4 Å². The molecular weight excluding hydrogens is 440 g/mol. The first-order chi connectivity index (χ1) is 16.3. The van der Waals surface area contributed by atoms with E-state index in [1.807, 2.05) is 43.5 Å². The Morgan fingerprint density at radius 2 is 1.79 bits per heavy atom. The van der Waals surface area contributed by atoms with Gasteiger partial charge in [0.2, 0.25) is 0 Å². The highest BCUT2D eigenvalue weighted by atomic mass is 19.2. The van der Waals surface area contributed by atoms with Crippen LogP contribution < -0.4 is 15.0 Å². The van der Waals surface area contributed by atoms with E-state index in [1.54, 1.807) is 7.11 Å². The minimum atomic E-state index is -0.914. The molecule has 0 radical (unpaired) electrons. The molecular formula is C26H29F2N3O3. The summed E-state index contributed by atoms with van der Waals surface area (Å²) in [6.07, 6.45) is 0. The fourth-order valence-electron chi connectivity index (χ4n) is 4.55. The summed E-state index contributed by atoms with van der Waals surface area (Å²) >= 11 is 0. The topological polar surface area (TPSA) is 55.7 Å². The van der Waals surface area contributed by atoms with Crippen LogP contribution in [0.3, 0.4) is 0 Å². The fraction of sp³-hybridized carbons (Fsp3) is 0.346. The molecule has 1 fully saturated rings. The zero-order valence-corrected chi connectivity index (χ0v) is 19.9. The van der Waals surface area contributed by atoms with Gasteiger partial charge in [-0.1, -0.05) is 12.1 Å². The van der Waals surface area contributed by atoms with E-state index in [-0.39, 0.29) is 12.5 Å². The van der Waals surface area contributed by atoms with Crippen molar-refractivity contribution in [3.05, 3.63) is 76.1 Å². The molecule has 34 heavy (non-hydrogen) atoms. The molecule has 0 unspecified atom stereocenters. The third-order valence-corrected chi connectivity index (χ3v) is 6.20. The van der Waals surface area contributed by atoms with Gasteiger partial charge < -0.3 is 24.3 Å². The number of methoxy groups -OCH3 is 1. The first-order valence-electron chi connectivity index (χ1n) is 11.2. The predicted molar refractivity (Wildman–Crippen MR) is 128 cm³/mol. The molecule has 0 saturated carbocycles. The molecule has 1 N–H and O–H groups in total. The summed E-state index contributed by atoms with van der Waals surface area (Å²) in [4.78, 5) is 15.8. The van der Waals surface area contributed by atoms with E-state index in [2.05, 4.69) is 10.2 Å². The lowest BCUT2D eigenvalue weighted by atomic mass is 10.1. The number of rotatable bonds is 6. The number of nitrogens with one attached hydrogen (secondary N) is 1. The number of anilines is 2. The quantitative estimate of drug-likeness (QED) is 0.562. The number of nitrogens with zero attached hydrogens (tertiary/aromatic N) is 2. The number of ether oxygens (including phenoxy) is 2. The lowest BCUT2D eigenvalue weighted by molar-refractivity contribution is 0.101. The maximum Gasteiger partial charge on any atom is 0.272 e. The van der Waals surface area contributed by atoms with E-state index >= 15 is 0 Å². The molecule has 2 aromatic carbocycles. The second kappa shape index (κ2) is 9.85. The number of benzene rings is 2. The van der Waals surface area contributed by atoms with E-state index in [1.165, 1.54) is 12.1 Å². The van der Waals surface area contributed by atoms with E-state index in [4.69, 9.17) is 9.47 Å². The smallest absolute Gasteiger partial charge is 0.272 e. The molecule has 4 rings (SSSR count). The van der Waals surface area contributed by atoms with Crippen LogP contribution in [-0.2, 0) is 11.3 Å². The number of aryl methyl sites for hydroxylation is 1. The molecule has 0 bridgehead atoms. The fourth-order valence-corrected chi connectivity index (χ4v) is 4.55. The molecule has 1 amide bonds. The Morgan fingerprint density at radius 1 is 1.06 bits per heavy atom. The maximum absolute atomic E-state index is 13.9. The van der Waals surface area contributed by atoms with E-state index in [0.29, 0.717) is 49.0 Å². The molecule has 1 saturated heterocycles. The Bertz CT molecular complexity index is 1220. The SMILES string of the molecule is COc1ccc(C)cc1NC(=O)c1c(C)c(N2CCOCC2)c(C)n1Cc1ccc(F)c(F)c1. The van der Waals surface area contributed by atoms with Gasteiger partial charge in [0.25, 0.3) is 5.91 Å². The molecule has 180 valence electrons. The number of aromatic nitrogens is 1. The highest BCUT2D eigenvalue weighted by Crippen LogP contribution is 2.34. The van der Waals surface area contributed by atoms with Gasteiger partial charge in [0.15, 0.2) is 11.6 Å². The summed E-state index contributed by atoms with van der Waals surface area (Å²) in [5.41, 5.74) is 5.25. The van der Waals surface area contributed by atoms with Crippen molar-refractivity contribution < 1.29 is 23.0 Å². The van der Waals surface area contributed by atoms with E-state index in [9.17, 15) is 13.6 Å². The van der Waals surface area contributed by atoms with E-state index < -0.39 is 11.6 Å². The number of halogens is 2. The molecule has 0 spiro atoms. The highest BCUT2D eigenvalue weighted by Gasteiger charge is 2.27. The average Bonchev–Trinajstić information content (AvgIpc) is 3.06. The van der Waals surface area contributed by atoms with Gasteiger partial charge in [-0.3, -0.25) is 4.79 Å². The van der Waals surface area contributed by atoms with Gasteiger partial charge in [-0.15, -0.1) is 0 Å². The number of amides is 1. The Hall–Kier alpha value is -3.39. The van der Waals surface area contributed by atoms with Gasteiger partial charge in [-0.25, -0.2) is 8.78 Å². The third-order valence-electron chi connectivity index (χ3n) is 6.20. The van der Waals surface area contributed by atoms with Crippen molar-refractivity contribution in [1.29, 1.82) is 0 Å². The summed E-state index contributed by atoms with van der Waals surface area (Å²) < 4.78 is 40.2. The van der Waals surface area contributed by atoms with Gasteiger partial charge in [0, 0.05) is 30.9 Å². The van der Waals surface area contributed by atoms with Crippen LogP contribution >= 0.6 is 0 Å². The summed E-state index contributed by atoms with van der Waals surface area (Å²) in [6.45, 7) is 8.66. The first-order valence-corrected chi connectivity index (χ1v) is 11.2. The van der Waals surface area contributed by atoms with Crippen LogP contribution in [0.5, 0.6) is 5.75 Å². The highest BCUT2D eigenvalue weighted by molar-refractivity contribution is 6.06. The molecule has 3 aromatic rings. The minimum absolute atomic E-state index is 0.224. The van der Waals surface area contributed by atoms with Crippen LogP contribution in [0.15, 0.2) is 36.4 Å². The summed E-state index contributed by atoms with van der Waals surface area (Å²) in [6, 6.07) is 9.38. The largest absolute Gasteiger partial charge is 0.495 e. The zero-order chi connectivity index (χ0) is 24.4. The number of hydrogen-bond acceptors (Lipinski definition) is 4. The number of morpholine rings is 1. The van der Waals surface area contributed by atoms with Crippen molar-refractivity contribution in [3.63, 3.8) is 0 Å². The number of hydrogen-bond donors (Lipinski definition) is 1. The Balaban J connectivity index is 1.78. The Labute approximate surface area is 198 Å². The zero-order valence-electron chi connectivity index (χ0n) is 19.9. The average molecular weight is 470 g/mol. The van der Waals surface area contributed by atoms with Crippen LogP contribution in [-0.4, -0.2) is 43.9 Å². The van der Waals surface area contributed by atoms with Crippen LogP contribution in [0.4, 0.5) is 20.2 Å².